The molecular formula is C10H18F3O2P. The van der Waals surface area contributed by atoms with Gasteiger partial charge in [-0.05, 0) is 19.8 Å². The van der Waals surface area contributed by atoms with Crippen molar-refractivity contribution in [2.45, 2.75) is 50.9 Å². The van der Waals surface area contributed by atoms with Crippen LogP contribution in [0.5, 0.6) is 0 Å². The van der Waals surface area contributed by atoms with Gasteiger partial charge in [-0.1, -0.05) is 19.3 Å². The van der Waals surface area contributed by atoms with E-state index in [0.29, 0.717) is 12.8 Å². The SMILES string of the molecule is CCOP(=O)(CC(F)(F)F)C1CCCCC1. The maximum atomic E-state index is 12.4. The summed E-state index contributed by atoms with van der Waals surface area (Å²) in [6.07, 6.45) is -1.71. The van der Waals surface area contributed by atoms with Crippen LogP contribution < -0.4 is 0 Å². The molecule has 0 N–H and O–H groups in total. The number of alkyl halides is 3. The Morgan fingerprint density at radius 3 is 2.25 bits per heavy atom. The van der Waals surface area contributed by atoms with E-state index in [0.717, 1.165) is 19.3 Å². The fourth-order valence-corrected chi connectivity index (χ4v) is 4.87. The number of hydrogen-bond donors (Lipinski definition) is 0. The fourth-order valence-electron chi connectivity index (χ4n) is 2.22. The molecule has 6 heteroatoms. The molecule has 0 spiro atoms. The second kappa shape index (κ2) is 5.54. The lowest BCUT2D eigenvalue weighted by Gasteiger charge is -2.30. The van der Waals surface area contributed by atoms with Gasteiger partial charge in [0.2, 0.25) is 7.37 Å². The van der Waals surface area contributed by atoms with Crippen molar-refractivity contribution in [1.82, 2.24) is 0 Å². The Kier molecular flexibility index (Phi) is 4.87. The topological polar surface area (TPSA) is 26.3 Å². The summed E-state index contributed by atoms with van der Waals surface area (Å²) in [6, 6.07) is 0. The molecule has 96 valence electrons. The van der Waals surface area contributed by atoms with Crippen LogP contribution in [0.15, 0.2) is 0 Å². The minimum atomic E-state index is -4.40. The van der Waals surface area contributed by atoms with Gasteiger partial charge in [-0.25, -0.2) is 0 Å². The normalized spacial score (nSPS) is 23.0. The number of hydrogen-bond acceptors (Lipinski definition) is 2. The lowest BCUT2D eigenvalue weighted by atomic mass is 10.0. The van der Waals surface area contributed by atoms with E-state index in [2.05, 4.69) is 0 Å². The first kappa shape index (κ1) is 14.0. The molecule has 0 saturated heterocycles. The van der Waals surface area contributed by atoms with Crippen LogP contribution in [0, 0.1) is 0 Å². The molecule has 0 bridgehead atoms. The molecule has 0 aromatic heterocycles. The molecule has 1 rings (SSSR count). The molecule has 0 amide bonds. The van der Waals surface area contributed by atoms with Crippen LogP contribution in [0.2, 0.25) is 0 Å². The van der Waals surface area contributed by atoms with Crippen molar-refractivity contribution in [3.8, 4) is 0 Å². The van der Waals surface area contributed by atoms with Crippen molar-refractivity contribution in [3.63, 3.8) is 0 Å². The van der Waals surface area contributed by atoms with E-state index in [1.54, 1.807) is 6.92 Å². The minimum Gasteiger partial charge on any atom is -0.328 e. The first-order valence-corrected chi connectivity index (χ1v) is 7.55. The van der Waals surface area contributed by atoms with Crippen molar-refractivity contribution in [2.75, 3.05) is 12.8 Å². The largest absolute Gasteiger partial charge is 0.398 e. The predicted molar refractivity (Wildman–Crippen MR) is 57.0 cm³/mol. The third-order valence-electron chi connectivity index (χ3n) is 2.88. The standard InChI is InChI=1S/C10H18F3O2P/c1-2-15-16(14,8-10(11,12)13)9-6-4-3-5-7-9/h9H,2-8H2,1H3. The van der Waals surface area contributed by atoms with Gasteiger partial charge < -0.3 is 4.52 Å². The Hall–Kier alpha value is -0.0200. The van der Waals surface area contributed by atoms with E-state index >= 15 is 0 Å². The average molecular weight is 258 g/mol. The lowest BCUT2D eigenvalue weighted by Crippen LogP contribution is -2.24. The van der Waals surface area contributed by atoms with Crippen molar-refractivity contribution < 1.29 is 22.3 Å². The summed E-state index contributed by atoms with van der Waals surface area (Å²) in [5.41, 5.74) is -0.386. The second-order valence-electron chi connectivity index (χ2n) is 4.21. The van der Waals surface area contributed by atoms with E-state index in [-0.39, 0.29) is 12.3 Å². The average Bonchev–Trinajstić information content (AvgIpc) is 2.16. The van der Waals surface area contributed by atoms with Gasteiger partial charge >= 0.3 is 6.18 Å². The maximum Gasteiger partial charge on any atom is 0.398 e. The first-order chi connectivity index (χ1) is 7.37. The highest BCUT2D eigenvalue weighted by molar-refractivity contribution is 7.59. The monoisotopic (exact) mass is 258 g/mol. The summed E-state index contributed by atoms with van der Waals surface area (Å²) in [5.74, 6) is 0. The first-order valence-electron chi connectivity index (χ1n) is 5.67. The molecule has 16 heavy (non-hydrogen) atoms. The Morgan fingerprint density at radius 1 is 1.25 bits per heavy atom. The zero-order valence-corrected chi connectivity index (χ0v) is 10.3. The maximum absolute atomic E-state index is 12.4. The molecule has 0 aromatic rings. The molecule has 1 fully saturated rings. The van der Waals surface area contributed by atoms with Crippen LogP contribution in [-0.2, 0) is 9.09 Å². The van der Waals surface area contributed by atoms with E-state index in [1.807, 2.05) is 0 Å². The van der Waals surface area contributed by atoms with Crippen LogP contribution in [0.25, 0.3) is 0 Å². The number of rotatable bonds is 4. The van der Waals surface area contributed by atoms with Gasteiger partial charge in [-0.2, -0.15) is 13.2 Å². The predicted octanol–water partition coefficient (Wildman–Crippen LogP) is 4.20. The Labute approximate surface area is 94.0 Å². The highest BCUT2D eigenvalue weighted by Gasteiger charge is 2.44. The van der Waals surface area contributed by atoms with Crippen molar-refractivity contribution >= 4 is 7.37 Å². The van der Waals surface area contributed by atoms with Gasteiger partial charge in [0.15, 0.2) is 0 Å². The van der Waals surface area contributed by atoms with Crippen molar-refractivity contribution in [2.24, 2.45) is 0 Å². The van der Waals surface area contributed by atoms with E-state index < -0.39 is 19.7 Å². The lowest BCUT2D eigenvalue weighted by molar-refractivity contribution is -0.108. The molecule has 1 aliphatic rings. The molecule has 1 aliphatic carbocycles. The Balaban J connectivity index is 2.73. The van der Waals surface area contributed by atoms with Crippen LogP contribution >= 0.6 is 7.37 Å². The minimum absolute atomic E-state index is 0.0872. The second-order valence-corrected chi connectivity index (χ2v) is 6.97. The zero-order chi connectivity index (χ0) is 12.2. The third kappa shape index (κ3) is 4.10. The molecule has 0 heterocycles. The number of halogens is 3. The summed E-state index contributed by atoms with van der Waals surface area (Å²) in [6.45, 7) is 1.68. The van der Waals surface area contributed by atoms with Crippen molar-refractivity contribution in [1.29, 1.82) is 0 Å². The third-order valence-corrected chi connectivity index (χ3v) is 6.00. The zero-order valence-electron chi connectivity index (χ0n) is 9.42. The summed E-state index contributed by atoms with van der Waals surface area (Å²) >= 11 is 0. The van der Waals surface area contributed by atoms with E-state index in [1.165, 1.54) is 0 Å². The van der Waals surface area contributed by atoms with Crippen LogP contribution in [0.3, 0.4) is 0 Å². The summed E-state index contributed by atoms with van der Waals surface area (Å²) in [7, 11) is -3.54. The molecule has 0 aliphatic heterocycles. The van der Waals surface area contributed by atoms with Crippen LogP contribution in [0.1, 0.15) is 39.0 Å². The smallest absolute Gasteiger partial charge is 0.328 e. The summed E-state index contributed by atoms with van der Waals surface area (Å²) in [4.78, 5) is 0. The van der Waals surface area contributed by atoms with Gasteiger partial charge in [0.25, 0.3) is 0 Å². The molecule has 0 aromatic carbocycles. The van der Waals surface area contributed by atoms with Gasteiger partial charge in [-0.15, -0.1) is 0 Å². The molecule has 0 radical (unpaired) electrons. The molecular weight excluding hydrogens is 240 g/mol. The molecule has 1 atom stereocenters. The van der Waals surface area contributed by atoms with Gasteiger partial charge in [0.1, 0.15) is 6.16 Å². The van der Waals surface area contributed by atoms with Crippen LogP contribution in [-0.4, -0.2) is 24.6 Å². The molecule has 1 unspecified atom stereocenters. The summed E-state index contributed by atoms with van der Waals surface area (Å²) < 4.78 is 54.4. The Bertz CT molecular complexity index is 259. The van der Waals surface area contributed by atoms with Crippen LogP contribution in [0.4, 0.5) is 13.2 Å². The quantitative estimate of drug-likeness (QED) is 0.706. The Morgan fingerprint density at radius 2 is 1.81 bits per heavy atom. The van der Waals surface area contributed by atoms with Crippen molar-refractivity contribution in [3.05, 3.63) is 0 Å². The van der Waals surface area contributed by atoms with Gasteiger partial charge in [0, 0.05) is 5.66 Å². The van der Waals surface area contributed by atoms with E-state index in [4.69, 9.17) is 4.52 Å². The van der Waals surface area contributed by atoms with Gasteiger partial charge in [-0.3, -0.25) is 4.57 Å². The van der Waals surface area contributed by atoms with Gasteiger partial charge in [0.05, 0.1) is 6.61 Å². The van der Waals surface area contributed by atoms with E-state index in [9.17, 15) is 17.7 Å². The fraction of sp³-hybridized carbons (Fsp3) is 1.00. The summed E-state index contributed by atoms with van der Waals surface area (Å²) in [5, 5.41) is 0. The highest BCUT2D eigenvalue weighted by Crippen LogP contribution is 2.58. The molecule has 1 saturated carbocycles. The highest BCUT2D eigenvalue weighted by atomic mass is 31.2. The molecule has 2 nitrogen and oxygen atoms in total.